The fourth-order valence-corrected chi connectivity index (χ4v) is 3.27. The van der Waals surface area contributed by atoms with Gasteiger partial charge in [-0.15, -0.1) is 0 Å². The van der Waals surface area contributed by atoms with Gasteiger partial charge in [-0.3, -0.25) is 5.32 Å². The number of hydrogen-bond acceptors (Lipinski definition) is 5. The molecule has 0 spiro atoms. The van der Waals surface area contributed by atoms with E-state index in [1.54, 1.807) is 6.20 Å². The number of hydrogen-bond donors (Lipinski definition) is 2. The molecule has 1 aliphatic rings. The standard InChI is InChI=1S/C14H22N2O3S/c1-13(2,3)19-12(17)16-11-15-9-10(20-11)14(18)7-5-4-6-8-14/h9,18H,4-8H2,1-3H3,(H,15,16,17). The summed E-state index contributed by atoms with van der Waals surface area (Å²) >= 11 is 1.32. The van der Waals surface area contributed by atoms with E-state index < -0.39 is 17.3 Å². The van der Waals surface area contributed by atoms with Crippen molar-refractivity contribution in [1.29, 1.82) is 0 Å². The molecule has 1 aromatic rings. The summed E-state index contributed by atoms with van der Waals surface area (Å²) in [5, 5.41) is 13.7. The number of anilines is 1. The number of nitrogens with one attached hydrogen (secondary N) is 1. The molecular formula is C14H22N2O3S. The van der Waals surface area contributed by atoms with Crippen molar-refractivity contribution in [2.75, 3.05) is 5.32 Å². The van der Waals surface area contributed by atoms with E-state index in [0.29, 0.717) is 5.13 Å². The molecule has 0 atom stereocenters. The van der Waals surface area contributed by atoms with Gasteiger partial charge in [0.15, 0.2) is 5.13 Å². The number of carbonyl (C=O) groups is 1. The lowest BCUT2D eigenvalue weighted by Gasteiger charge is -2.30. The van der Waals surface area contributed by atoms with E-state index in [4.69, 9.17) is 4.74 Å². The van der Waals surface area contributed by atoms with Crippen LogP contribution in [0.5, 0.6) is 0 Å². The highest BCUT2D eigenvalue weighted by molar-refractivity contribution is 7.15. The molecule has 0 unspecified atom stereocenters. The summed E-state index contributed by atoms with van der Waals surface area (Å²) in [7, 11) is 0. The Balaban J connectivity index is 2.00. The zero-order valence-electron chi connectivity index (χ0n) is 12.2. The molecule has 1 amide bonds. The maximum absolute atomic E-state index is 11.7. The summed E-state index contributed by atoms with van der Waals surface area (Å²) in [4.78, 5) is 16.6. The van der Waals surface area contributed by atoms with Crippen molar-refractivity contribution >= 4 is 22.6 Å². The molecule has 0 radical (unpaired) electrons. The third-order valence-corrected chi connectivity index (χ3v) is 4.36. The highest BCUT2D eigenvalue weighted by Gasteiger charge is 2.33. The topological polar surface area (TPSA) is 71.5 Å². The molecule has 0 saturated heterocycles. The maximum Gasteiger partial charge on any atom is 0.413 e. The van der Waals surface area contributed by atoms with Gasteiger partial charge in [0.05, 0.1) is 4.88 Å². The average Bonchev–Trinajstić information content (AvgIpc) is 2.76. The number of ether oxygens (including phenoxy) is 1. The van der Waals surface area contributed by atoms with Crippen LogP contribution in [0.15, 0.2) is 6.20 Å². The molecule has 1 aromatic heterocycles. The number of nitrogens with zero attached hydrogens (tertiary/aromatic N) is 1. The first-order valence-electron chi connectivity index (χ1n) is 6.97. The molecule has 2 N–H and O–H groups in total. The Hall–Kier alpha value is -1.14. The monoisotopic (exact) mass is 298 g/mol. The molecule has 6 heteroatoms. The number of carbonyl (C=O) groups excluding carboxylic acids is 1. The van der Waals surface area contributed by atoms with Crippen molar-refractivity contribution in [3.8, 4) is 0 Å². The van der Waals surface area contributed by atoms with Crippen molar-refractivity contribution in [2.24, 2.45) is 0 Å². The highest BCUT2D eigenvalue weighted by Crippen LogP contribution is 2.40. The zero-order valence-corrected chi connectivity index (χ0v) is 13.0. The summed E-state index contributed by atoms with van der Waals surface area (Å²) in [5.74, 6) is 0. The average molecular weight is 298 g/mol. The molecule has 1 saturated carbocycles. The Bertz CT molecular complexity index is 473. The molecule has 5 nitrogen and oxygen atoms in total. The summed E-state index contributed by atoms with van der Waals surface area (Å²) in [6, 6.07) is 0. The first-order chi connectivity index (χ1) is 9.28. The molecular weight excluding hydrogens is 276 g/mol. The Morgan fingerprint density at radius 3 is 2.65 bits per heavy atom. The van der Waals surface area contributed by atoms with E-state index >= 15 is 0 Å². The fourth-order valence-electron chi connectivity index (χ4n) is 2.32. The fraction of sp³-hybridized carbons (Fsp3) is 0.714. The maximum atomic E-state index is 11.7. The Morgan fingerprint density at radius 1 is 1.40 bits per heavy atom. The molecule has 0 bridgehead atoms. The first kappa shape index (κ1) is 15.3. The van der Waals surface area contributed by atoms with E-state index in [-0.39, 0.29) is 0 Å². The normalized spacial score (nSPS) is 18.6. The smallest absolute Gasteiger partial charge is 0.413 e. The largest absolute Gasteiger partial charge is 0.444 e. The molecule has 1 aliphatic carbocycles. The van der Waals surface area contributed by atoms with Crippen LogP contribution < -0.4 is 5.32 Å². The van der Waals surface area contributed by atoms with Crippen molar-refractivity contribution in [1.82, 2.24) is 4.98 Å². The Morgan fingerprint density at radius 2 is 2.05 bits per heavy atom. The van der Waals surface area contributed by atoms with Gasteiger partial charge in [0, 0.05) is 6.20 Å². The molecule has 2 rings (SSSR count). The van der Waals surface area contributed by atoms with Crippen molar-refractivity contribution < 1.29 is 14.6 Å². The molecule has 1 heterocycles. The Kier molecular flexibility index (Phi) is 4.34. The van der Waals surface area contributed by atoms with E-state index in [1.807, 2.05) is 20.8 Å². The van der Waals surface area contributed by atoms with E-state index in [1.165, 1.54) is 17.8 Å². The lowest BCUT2D eigenvalue weighted by molar-refractivity contribution is 0.00264. The third-order valence-electron chi connectivity index (χ3n) is 3.25. The minimum atomic E-state index is -0.774. The molecule has 0 aromatic carbocycles. The molecule has 20 heavy (non-hydrogen) atoms. The zero-order chi connectivity index (χ0) is 14.8. The van der Waals surface area contributed by atoms with Crippen LogP contribution >= 0.6 is 11.3 Å². The number of aromatic nitrogens is 1. The van der Waals surface area contributed by atoms with Gasteiger partial charge < -0.3 is 9.84 Å². The molecule has 112 valence electrons. The van der Waals surface area contributed by atoms with Crippen molar-refractivity contribution in [3.63, 3.8) is 0 Å². The second-order valence-corrected chi connectivity index (χ2v) is 7.28. The minimum Gasteiger partial charge on any atom is -0.444 e. The van der Waals surface area contributed by atoms with Crippen molar-refractivity contribution in [2.45, 2.75) is 64.1 Å². The van der Waals surface area contributed by atoms with Crippen LogP contribution in [0.3, 0.4) is 0 Å². The highest BCUT2D eigenvalue weighted by atomic mass is 32.1. The Labute approximate surface area is 123 Å². The van der Waals surface area contributed by atoms with Gasteiger partial charge in [-0.1, -0.05) is 30.6 Å². The third kappa shape index (κ3) is 3.93. The van der Waals surface area contributed by atoms with Gasteiger partial charge in [-0.2, -0.15) is 0 Å². The van der Waals surface area contributed by atoms with Crippen LogP contribution in [-0.4, -0.2) is 21.8 Å². The van der Waals surface area contributed by atoms with Crippen LogP contribution in [0.1, 0.15) is 57.8 Å². The predicted octanol–water partition coefficient (Wildman–Crippen LogP) is 3.64. The van der Waals surface area contributed by atoms with Crippen LogP contribution in [0.2, 0.25) is 0 Å². The second kappa shape index (κ2) is 5.69. The van der Waals surface area contributed by atoms with Gasteiger partial charge in [-0.25, -0.2) is 9.78 Å². The van der Waals surface area contributed by atoms with E-state index in [9.17, 15) is 9.90 Å². The summed E-state index contributed by atoms with van der Waals surface area (Å²) in [6.07, 6.45) is 5.90. The van der Waals surface area contributed by atoms with Gasteiger partial charge in [0.1, 0.15) is 11.2 Å². The summed E-state index contributed by atoms with van der Waals surface area (Å²) in [5.41, 5.74) is -1.31. The van der Waals surface area contributed by atoms with Crippen LogP contribution in [0, 0.1) is 0 Å². The SMILES string of the molecule is CC(C)(C)OC(=O)Nc1ncc(C2(O)CCCCC2)s1. The molecule has 1 fully saturated rings. The predicted molar refractivity (Wildman–Crippen MR) is 79.0 cm³/mol. The van der Waals surface area contributed by atoms with Crippen LogP contribution in [0.25, 0.3) is 0 Å². The summed E-state index contributed by atoms with van der Waals surface area (Å²) in [6.45, 7) is 5.43. The number of aliphatic hydroxyl groups is 1. The van der Waals surface area contributed by atoms with Gasteiger partial charge in [0.25, 0.3) is 0 Å². The number of amides is 1. The van der Waals surface area contributed by atoms with Crippen LogP contribution in [-0.2, 0) is 10.3 Å². The van der Waals surface area contributed by atoms with Crippen molar-refractivity contribution in [3.05, 3.63) is 11.1 Å². The quantitative estimate of drug-likeness (QED) is 0.874. The second-order valence-electron chi connectivity index (χ2n) is 6.25. The number of thiazole rings is 1. The van der Waals surface area contributed by atoms with Gasteiger partial charge >= 0.3 is 6.09 Å². The van der Waals surface area contributed by atoms with Crippen LogP contribution in [0.4, 0.5) is 9.93 Å². The lowest BCUT2D eigenvalue weighted by Crippen LogP contribution is -2.27. The van der Waals surface area contributed by atoms with Gasteiger partial charge in [-0.05, 0) is 33.6 Å². The summed E-state index contributed by atoms with van der Waals surface area (Å²) < 4.78 is 5.18. The lowest BCUT2D eigenvalue weighted by atomic mass is 9.84. The van der Waals surface area contributed by atoms with E-state index in [0.717, 1.165) is 30.6 Å². The van der Waals surface area contributed by atoms with E-state index in [2.05, 4.69) is 10.3 Å². The minimum absolute atomic E-state index is 0.466. The molecule has 0 aliphatic heterocycles. The number of rotatable bonds is 2. The first-order valence-corrected chi connectivity index (χ1v) is 7.79. The van der Waals surface area contributed by atoms with Gasteiger partial charge in [0.2, 0.25) is 0 Å².